The van der Waals surface area contributed by atoms with Gasteiger partial charge in [-0.25, -0.2) is 0 Å². The van der Waals surface area contributed by atoms with Gasteiger partial charge >= 0.3 is 0 Å². The molecule has 0 aliphatic heterocycles. The van der Waals surface area contributed by atoms with Crippen LogP contribution in [0.15, 0.2) is 45.7 Å². The van der Waals surface area contributed by atoms with Crippen molar-refractivity contribution in [2.24, 2.45) is 0 Å². The van der Waals surface area contributed by atoms with Gasteiger partial charge in [-0.2, -0.15) is 0 Å². The number of fused-ring (bicyclic) bond motifs is 1. The van der Waals surface area contributed by atoms with Crippen LogP contribution in [-0.2, 0) is 12.4 Å². The number of pyridine rings is 1. The molecule has 3 aromatic rings. The molecule has 2 heterocycles. The highest BCUT2D eigenvalue weighted by molar-refractivity contribution is 6.30. The van der Waals surface area contributed by atoms with Gasteiger partial charge in [-0.05, 0) is 23.8 Å². The zero-order valence-electron chi connectivity index (χ0n) is 11.9. The second kappa shape index (κ2) is 6.48. The van der Waals surface area contributed by atoms with Gasteiger partial charge in [-0.1, -0.05) is 23.7 Å². The molecule has 0 saturated heterocycles. The van der Waals surface area contributed by atoms with Gasteiger partial charge in [0.25, 0.3) is 5.91 Å². The molecule has 0 spiro atoms. The summed E-state index contributed by atoms with van der Waals surface area (Å²) in [6.07, 6.45) is 1.34. The van der Waals surface area contributed by atoms with E-state index in [0.29, 0.717) is 28.4 Å². The SMILES string of the molecule is O=C(NCc1ccc(Cl)cc1)c1c[nH]c2oc(CCl)cc2c1=O. The summed E-state index contributed by atoms with van der Waals surface area (Å²) in [6, 6.07) is 8.62. The molecule has 0 aliphatic rings. The van der Waals surface area contributed by atoms with E-state index in [-0.39, 0.29) is 11.4 Å². The molecular formula is C16H12Cl2N2O3. The first-order valence-corrected chi connectivity index (χ1v) is 7.72. The Labute approximate surface area is 141 Å². The number of nitrogens with one attached hydrogen (secondary N) is 2. The fourth-order valence-electron chi connectivity index (χ4n) is 2.18. The number of aromatic nitrogens is 1. The summed E-state index contributed by atoms with van der Waals surface area (Å²) in [5.74, 6) is 0.158. The van der Waals surface area contributed by atoms with Crippen molar-refractivity contribution < 1.29 is 9.21 Å². The van der Waals surface area contributed by atoms with Crippen LogP contribution in [0.2, 0.25) is 5.02 Å². The van der Waals surface area contributed by atoms with Gasteiger partial charge in [-0.3, -0.25) is 9.59 Å². The van der Waals surface area contributed by atoms with E-state index in [2.05, 4.69) is 10.3 Å². The molecule has 0 unspecified atom stereocenters. The van der Waals surface area contributed by atoms with Crippen LogP contribution in [0, 0.1) is 0 Å². The Balaban J connectivity index is 1.81. The number of furan rings is 1. The Bertz CT molecular complexity index is 913. The lowest BCUT2D eigenvalue weighted by atomic mass is 10.2. The quantitative estimate of drug-likeness (QED) is 0.707. The standard InChI is InChI=1S/C16H12Cl2N2O3/c17-6-11-5-12-14(21)13(8-20-16(12)23-11)15(22)19-7-9-1-3-10(18)4-2-9/h1-5,8H,6-7H2,(H,19,22)(H,20,21). The number of aromatic amines is 1. The summed E-state index contributed by atoms with van der Waals surface area (Å²) in [7, 11) is 0. The third-order valence-electron chi connectivity index (χ3n) is 3.36. The van der Waals surface area contributed by atoms with Crippen LogP contribution >= 0.6 is 23.2 Å². The average Bonchev–Trinajstić information content (AvgIpc) is 2.99. The Hall–Kier alpha value is -2.24. The van der Waals surface area contributed by atoms with Gasteiger partial charge in [0, 0.05) is 17.8 Å². The van der Waals surface area contributed by atoms with E-state index in [4.69, 9.17) is 27.6 Å². The Morgan fingerprint density at radius 3 is 2.70 bits per heavy atom. The Morgan fingerprint density at radius 1 is 1.26 bits per heavy atom. The summed E-state index contributed by atoms with van der Waals surface area (Å²) in [5.41, 5.74) is 0.814. The van der Waals surface area contributed by atoms with Crippen molar-refractivity contribution >= 4 is 40.2 Å². The molecule has 3 rings (SSSR count). The molecule has 1 amide bonds. The Morgan fingerprint density at radius 2 is 2.00 bits per heavy atom. The normalized spacial score (nSPS) is 10.9. The number of halogens is 2. The molecule has 23 heavy (non-hydrogen) atoms. The van der Waals surface area contributed by atoms with Crippen LogP contribution in [0.25, 0.3) is 11.1 Å². The first-order valence-electron chi connectivity index (χ1n) is 6.81. The maximum atomic E-state index is 12.4. The van der Waals surface area contributed by atoms with Crippen molar-refractivity contribution in [3.63, 3.8) is 0 Å². The molecule has 2 aromatic heterocycles. The van der Waals surface area contributed by atoms with Crippen molar-refractivity contribution in [1.82, 2.24) is 10.3 Å². The molecule has 2 N–H and O–H groups in total. The number of benzene rings is 1. The maximum Gasteiger partial charge on any atom is 0.257 e. The largest absolute Gasteiger partial charge is 0.443 e. The zero-order chi connectivity index (χ0) is 16.4. The first kappa shape index (κ1) is 15.6. The number of carbonyl (C=O) groups excluding carboxylic acids is 1. The van der Waals surface area contributed by atoms with E-state index >= 15 is 0 Å². The molecule has 1 aromatic carbocycles. The van der Waals surface area contributed by atoms with Crippen molar-refractivity contribution in [3.8, 4) is 0 Å². The first-order chi connectivity index (χ1) is 11.1. The summed E-state index contributed by atoms with van der Waals surface area (Å²) >= 11 is 11.5. The fourth-order valence-corrected chi connectivity index (χ4v) is 2.44. The highest BCUT2D eigenvalue weighted by atomic mass is 35.5. The second-order valence-corrected chi connectivity index (χ2v) is 5.63. The van der Waals surface area contributed by atoms with E-state index in [1.54, 1.807) is 24.3 Å². The molecule has 118 valence electrons. The molecule has 0 atom stereocenters. The molecule has 0 saturated carbocycles. The molecule has 0 bridgehead atoms. The molecular weight excluding hydrogens is 339 g/mol. The van der Waals surface area contributed by atoms with Gasteiger partial charge in [0.1, 0.15) is 11.3 Å². The number of H-pyrrole nitrogens is 1. The monoisotopic (exact) mass is 350 g/mol. The highest BCUT2D eigenvalue weighted by Gasteiger charge is 2.15. The van der Waals surface area contributed by atoms with Crippen molar-refractivity contribution in [1.29, 1.82) is 0 Å². The topological polar surface area (TPSA) is 75.1 Å². The lowest BCUT2D eigenvalue weighted by Crippen LogP contribution is -2.28. The van der Waals surface area contributed by atoms with Gasteiger partial charge in [0.05, 0.1) is 11.3 Å². The number of hydrogen-bond acceptors (Lipinski definition) is 3. The number of hydrogen-bond donors (Lipinski definition) is 2. The van der Waals surface area contributed by atoms with Crippen LogP contribution < -0.4 is 10.7 Å². The van der Waals surface area contributed by atoms with E-state index in [0.717, 1.165) is 5.56 Å². The van der Waals surface area contributed by atoms with E-state index in [1.165, 1.54) is 12.3 Å². The lowest BCUT2D eigenvalue weighted by molar-refractivity contribution is 0.0949. The zero-order valence-corrected chi connectivity index (χ0v) is 13.4. The maximum absolute atomic E-state index is 12.4. The molecule has 0 radical (unpaired) electrons. The minimum atomic E-state index is -0.461. The van der Waals surface area contributed by atoms with Gasteiger partial charge in [0.2, 0.25) is 11.1 Å². The third kappa shape index (κ3) is 3.25. The van der Waals surface area contributed by atoms with Gasteiger partial charge in [-0.15, -0.1) is 11.6 Å². The van der Waals surface area contributed by atoms with Crippen molar-refractivity contribution in [2.75, 3.05) is 0 Å². The highest BCUT2D eigenvalue weighted by Crippen LogP contribution is 2.16. The Kier molecular flexibility index (Phi) is 4.41. The van der Waals surface area contributed by atoms with Gasteiger partial charge < -0.3 is 14.7 Å². The van der Waals surface area contributed by atoms with Crippen molar-refractivity contribution in [3.05, 3.63) is 68.7 Å². The number of carbonyl (C=O) groups is 1. The van der Waals surface area contributed by atoms with Crippen LogP contribution in [0.1, 0.15) is 21.7 Å². The summed E-state index contributed by atoms with van der Waals surface area (Å²) in [6.45, 7) is 0.297. The minimum Gasteiger partial charge on any atom is -0.443 e. The average molecular weight is 351 g/mol. The molecule has 0 fully saturated rings. The molecule has 7 heteroatoms. The minimum absolute atomic E-state index is 0.0217. The predicted octanol–water partition coefficient (Wildman–Crippen LogP) is 3.44. The molecule has 0 aliphatic carbocycles. The van der Waals surface area contributed by atoms with Crippen LogP contribution in [-0.4, -0.2) is 10.9 Å². The second-order valence-electron chi connectivity index (χ2n) is 4.93. The van der Waals surface area contributed by atoms with Crippen molar-refractivity contribution in [2.45, 2.75) is 12.4 Å². The van der Waals surface area contributed by atoms with Crippen LogP contribution in [0.5, 0.6) is 0 Å². The fraction of sp³-hybridized carbons (Fsp3) is 0.125. The number of amides is 1. The van der Waals surface area contributed by atoms with E-state index in [9.17, 15) is 9.59 Å². The number of rotatable bonds is 4. The predicted molar refractivity (Wildman–Crippen MR) is 89.0 cm³/mol. The molecule has 5 nitrogen and oxygen atoms in total. The third-order valence-corrected chi connectivity index (χ3v) is 3.88. The smallest absolute Gasteiger partial charge is 0.257 e. The van der Waals surface area contributed by atoms with Crippen LogP contribution in [0.4, 0.5) is 0 Å². The number of alkyl halides is 1. The summed E-state index contributed by atoms with van der Waals surface area (Å²) in [5, 5.41) is 3.63. The lowest BCUT2D eigenvalue weighted by Gasteiger charge is -2.05. The summed E-state index contributed by atoms with van der Waals surface area (Å²) < 4.78 is 5.34. The van der Waals surface area contributed by atoms with Crippen LogP contribution in [0.3, 0.4) is 0 Å². The summed E-state index contributed by atoms with van der Waals surface area (Å²) in [4.78, 5) is 27.4. The van der Waals surface area contributed by atoms with E-state index in [1.807, 2.05) is 0 Å². The van der Waals surface area contributed by atoms with Gasteiger partial charge in [0.15, 0.2) is 0 Å². The van der Waals surface area contributed by atoms with E-state index < -0.39 is 11.3 Å².